The van der Waals surface area contributed by atoms with Gasteiger partial charge in [0.15, 0.2) is 5.92 Å². The number of rotatable bonds is 3. The molecule has 0 N–H and O–H groups in total. The van der Waals surface area contributed by atoms with Crippen LogP contribution in [0.1, 0.15) is 40.0 Å². The van der Waals surface area contributed by atoms with E-state index in [1.807, 2.05) is 0 Å². The van der Waals surface area contributed by atoms with Gasteiger partial charge in [-0.25, -0.2) is 0 Å². The summed E-state index contributed by atoms with van der Waals surface area (Å²) in [7, 11) is 0. The number of ether oxygens (including phenoxy) is 2. The van der Waals surface area contributed by atoms with Crippen LogP contribution < -0.4 is 0 Å². The number of esters is 1. The second kappa shape index (κ2) is 5.47. The molecule has 1 fully saturated rings. The summed E-state index contributed by atoms with van der Waals surface area (Å²) in [5.41, 5.74) is -0.920. The second-order valence-corrected chi connectivity index (χ2v) is 5.50. The van der Waals surface area contributed by atoms with E-state index < -0.39 is 29.8 Å². The van der Waals surface area contributed by atoms with Crippen molar-refractivity contribution in [1.82, 2.24) is 0 Å². The summed E-state index contributed by atoms with van der Waals surface area (Å²) in [5, 5.41) is 0. The Labute approximate surface area is 105 Å². The number of hydrogen-bond donors (Lipinski definition) is 0. The van der Waals surface area contributed by atoms with Crippen molar-refractivity contribution in [3.05, 3.63) is 0 Å². The van der Waals surface area contributed by atoms with E-state index in [0.717, 1.165) is 6.42 Å². The minimum Gasteiger partial charge on any atom is -0.459 e. The van der Waals surface area contributed by atoms with Gasteiger partial charge in [0.2, 0.25) is 0 Å². The third kappa shape index (κ3) is 4.84. The van der Waals surface area contributed by atoms with Crippen LogP contribution in [0.4, 0.5) is 13.2 Å². The van der Waals surface area contributed by atoms with E-state index in [0.29, 0.717) is 13.0 Å². The average Bonchev–Trinajstić information content (AvgIpc) is 2.61. The molecule has 18 heavy (non-hydrogen) atoms. The molecule has 2 unspecified atom stereocenters. The Bertz CT molecular complexity index is 288. The zero-order valence-corrected chi connectivity index (χ0v) is 10.8. The molecule has 1 rings (SSSR count). The van der Waals surface area contributed by atoms with Gasteiger partial charge >= 0.3 is 12.1 Å². The molecular weight excluding hydrogens is 249 g/mol. The van der Waals surface area contributed by atoms with Crippen molar-refractivity contribution in [2.45, 2.75) is 57.9 Å². The van der Waals surface area contributed by atoms with Gasteiger partial charge in [0.1, 0.15) is 5.60 Å². The van der Waals surface area contributed by atoms with Crippen LogP contribution in [0.3, 0.4) is 0 Å². The van der Waals surface area contributed by atoms with E-state index in [2.05, 4.69) is 0 Å². The van der Waals surface area contributed by atoms with E-state index in [1.165, 1.54) is 0 Å². The van der Waals surface area contributed by atoms with Crippen LogP contribution in [0.2, 0.25) is 0 Å². The van der Waals surface area contributed by atoms with Gasteiger partial charge in [-0.05, 0) is 40.0 Å². The van der Waals surface area contributed by atoms with Crippen molar-refractivity contribution < 1.29 is 27.4 Å². The SMILES string of the molecule is CC(C)(C)OC(=O)C(CC1CCCO1)C(F)(F)F. The molecule has 1 heterocycles. The molecule has 0 aromatic heterocycles. The molecule has 0 spiro atoms. The van der Waals surface area contributed by atoms with E-state index in [4.69, 9.17) is 9.47 Å². The first-order valence-corrected chi connectivity index (χ1v) is 6.01. The summed E-state index contributed by atoms with van der Waals surface area (Å²) >= 11 is 0. The van der Waals surface area contributed by atoms with Gasteiger partial charge in [-0.3, -0.25) is 4.79 Å². The molecule has 3 nitrogen and oxygen atoms in total. The van der Waals surface area contributed by atoms with E-state index >= 15 is 0 Å². The smallest absolute Gasteiger partial charge is 0.402 e. The monoisotopic (exact) mass is 268 g/mol. The first-order chi connectivity index (χ1) is 8.09. The maximum atomic E-state index is 12.8. The molecule has 0 aromatic rings. The van der Waals surface area contributed by atoms with E-state index in [-0.39, 0.29) is 6.42 Å². The first kappa shape index (κ1) is 15.3. The zero-order valence-electron chi connectivity index (χ0n) is 10.8. The Kier molecular flexibility index (Phi) is 4.64. The molecule has 0 amide bonds. The molecular formula is C12H19F3O3. The predicted molar refractivity (Wildman–Crippen MR) is 59.0 cm³/mol. The maximum absolute atomic E-state index is 12.8. The lowest BCUT2D eigenvalue weighted by Crippen LogP contribution is -2.38. The van der Waals surface area contributed by atoms with Gasteiger partial charge in [-0.2, -0.15) is 13.2 Å². The lowest BCUT2D eigenvalue weighted by atomic mass is 9.99. The summed E-state index contributed by atoms with van der Waals surface area (Å²) in [6, 6.07) is 0. The van der Waals surface area contributed by atoms with Gasteiger partial charge in [-0.15, -0.1) is 0 Å². The molecule has 0 radical (unpaired) electrons. The Morgan fingerprint density at radius 1 is 1.39 bits per heavy atom. The van der Waals surface area contributed by atoms with E-state index in [1.54, 1.807) is 20.8 Å². The summed E-state index contributed by atoms with van der Waals surface area (Å²) in [4.78, 5) is 11.6. The summed E-state index contributed by atoms with van der Waals surface area (Å²) in [5.74, 6) is -3.31. The zero-order chi connectivity index (χ0) is 14.0. The van der Waals surface area contributed by atoms with Crippen LogP contribution in [-0.4, -0.2) is 30.5 Å². The molecule has 1 aliphatic heterocycles. The van der Waals surface area contributed by atoms with Crippen LogP contribution in [0.15, 0.2) is 0 Å². The van der Waals surface area contributed by atoms with Gasteiger partial charge in [0.25, 0.3) is 0 Å². The number of alkyl halides is 3. The standard InChI is InChI=1S/C12H19F3O3/c1-11(2,3)18-10(16)9(12(13,14)15)7-8-5-4-6-17-8/h8-9H,4-7H2,1-3H3. The summed E-state index contributed by atoms with van der Waals surface area (Å²) in [6.07, 6.45) is -4.13. The largest absolute Gasteiger partial charge is 0.459 e. The number of carbonyl (C=O) groups is 1. The maximum Gasteiger partial charge on any atom is 0.402 e. The lowest BCUT2D eigenvalue weighted by Gasteiger charge is -2.26. The highest BCUT2D eigenvalue weighted by Crippen LogP contribution is 2.34. The lowest BCUT2D eigenvalue weighted by molar-refractivity contribution is -0.209. The predicted octanol–water partition coefficient (Wildman–Crippen LogP) is 3.08. The number of hydrogen-bond acceptors (Lipinski definition) is 3. The third-order valence-electron chi connectivity index (χ3n) is 2.61. The Morgan fingerprint density at radius 3 is 2.39 bits per heavy atom. The van der Waals surface area contributed by atoms with Gasteiger partial charge < -0.3 is 9.47 Å². The quantitative estimate of drug-likeness (QED) is 0.738. The van der Waals surface area contributed by atoms with Crippen LogP contribution in [-0.2, 0) is 14.3 Å². The third-order valence-corrected chi connectivity index (χ3v) is 2.61. The molecule has 106 valence electrons. The second-order valence-electron chi connectivity index (χ2n) is 5.50. The average molecular weight is 268 g/mol. The van der Waals surface area contributed by atoms with Crippen molar-refractivity contribution in [1.29, 1.82) is 0 Å². The first-order valence-electron chi connectivity index (χ1n) is 6.01. The Hall–Kier alpha value is -0.780. The van der Waals surface area contributed by atoms with Gasteiger partial charge in [0.05, 0.1) is 6.10 Å². The molecule has 6 heteroatoms. The highest BCUT2D eigenvalue weighted by atomic mass is 19.4. The summed E-state index contributed by atoms with van der Waals surface area (Å²) in [6.45, 7) is 5.10. The Morgan fingerprint density at radius 2 is 2.00 bits per heavy atom. The van der Waals surface area contributed by atoms with Crippen molar-refractivity contribution in [2.75, 3.05) is 6.61 Å². The molecule has 0 saturated carbocycles. The fourth-order valence-corrected chi connectivity index (χ4v) is 1.83. The number of carbonyl (C=O) groups excluding carboxylic acids is 1. The van der Waals surface area contributed by atoms with Gasteiger partial charge in [-0.1, -0.05) is 0 Å². The molecule has 2 atom stereocenters. The van der Waals surface area contributed by atoms with Crippen molar-refractivity contribution in [3.8, 4) is 0 Å². The fraction of sp³-hybridized carbons (Fsp3) is 0.917. The van der Waals surface area contributed by atoms with E-state index in [9.17, 15) is 18.0 Å². The number of halogens is 3. The van der Waals surface area contributed by atoms with Crippen molar-refractivity contribution in [3.63, 3.8) is 0 Å². The normalized spacial score (nSPS) is 22.9. The van der Waals surface area contributed by atoms with Gasteiger partial charge in [0, 0.05) is 6.61 Å². The highest BCUT2D eigenvalue weighted by molar-refractivity contribution is 5.73. The molecule has 0 aromatic carbocycles. The van der Waals surface area contributed by atoms with Crippen LogP contribution >= 0.6 is 0 Å². The molecule has 1 aliphatic rings. The molecule has 0 aliphatic carbocycles. The van der Waals surface area contributed by atoms with Crippen molar-refractivity contribution >= 4 is 5.97 Å². The topological polar surface area (TPSA) is 35.5 Å². The molecule has 1 saturated heterocycles. The van der Waals surface area contributed by atoms with Crippen LogP contribution in [0.5, 0.6) is 0 Å². The van der Waals surface area contributed by atoms with Crippen molar-refractivity contribution in [2.24, 2.45) is 5.92 Å². The minimum atomic E-state index is -4.59. The Balaban J connectivity index is 2.68. The fourth-order valence-electron chi connectivity index (χ4n) is 1.83. The summed E-state index contributed by atoms with van der Waals surface area (Å²) < 4.78 is 48.5. The van der Waals surface area contributed by atoms with Crippen LogP contribution in [0.25, 0.3) is 0 Å². The van der Waals surface area contributed by atoms with Crippen LogP contribution in [0, 0.1) is 5.92 Å². The highest BCUT2D eigenvalue weighted by Gasteiger charge is 2.48. The molecule has 0 bridgehead atoms. The minimum absolute atomic E-state index is 0.349.